The molecule has 7 nitrogen and oxygen atoms in total. The van der Waals surface area contributed by atoms with E-state index in [1.165, 1.54) is 37.7 Å². The molecule has 200 valence electrons. The molecule has 1 saturated heterocycles. The van der Waals surface area contributed by atoms with Crippen LogP contribution in [0.4, 0.5) is 5.69 Å². The molecule has 0 unspecified atom stereocenters. The van der Waals surface area contributed by atoms with E-state index >= 15 is 0 Å². The number of hydrogen-bond acceptors (Lipinski definition) is 5. The molecule has 0 radical (unpaired) electrons. The number of fused-ring (bicyclic) bond motifs is 1. The Morgan fingerprint density at radius 3 is 2.11 bits per heavy atom. The fourth-order valence-electron chi connectivity index (χ4n) is 6.38. The second kappa shape index (κ2) is 11.4. The third-order valence-electron chi connectivity index (χ3n) is 8.21. The highest BCUT2D eigenvalue weighted by molar-refractivity contribution is 7.92. The number of nitrogens with one attached hydrogen (secondary N) is 2. The molecule has 5 rings (SSSR count). The van der Waals surface area contributed by atoms with E-state index in [1.807, 2.05) is 12.1 Å². The van der Waals surface area contributed by atoms with Crippen LogP contribution in [0, 0.1) is 23.7 Å². The van der Waals surface area contributed by atoms with Crippen molar-refractivity contribution in [2.75, 3.05) is 30.6 Å². The van der Waals surface area contributed by atoms with Crippen LogP contribution in [0.5, 0.6) is 11.5 Å². The first kappa shape index (κ1) is 26.0. The Morgan fingerprint density at radius 2 is 1.51 bits per heavy atom. The van der Waals surface area contributed by atoms with Crippen molar-refractivity contribution in [3.8, 4) is 11.5 Å². The lowest BCUT2D eigenvalue weighted by atomic mass is 9.89. The number of anilines is 1. The van der Waals surface area contributed by atoms with Crippen LogP contribution in [0.3, 0.4) is 0 Å². The van der Waals surface area contributed by atoms with E-state index in [0.717, 1.165) is 51.0 Å². The molecule has 0 spiro atoms. The minimum absolute atomic E-state index is 0.202. The Labute approximate surface area is 221 Å². The van der Waals surface area contributed by atoms with Gasteiger partial charge in [0.25, 0.3) is 0 Å². The van der Waals surface area contributed by atoms with Crippen LogP contribution in [0.15, 0.2) is 48.5 Å². The van der Waals surface area contributed by atoms with E-state index in [-0.39, 0.29) is 5.92 Å². The van der Waals surface area contributed by atoms with Gasteiger partial charge in [-0.1, -0.05) is 31.4 Å². The summed E-state index contributed by atoms with van der Waals surface area (Å²) in [5, 5.41) is 3.28. The molecule has 3 fully saturated rings. The SMILES string of the molecule is CS(=O)(=O)Nc1ccc(Oc2ccc(CN3C[C@H]4C[C@@H](C(=O)NCC5CCCCC5)C[C@H]4C3)cc2)cc1. The van der Waals surface area contributed by atoms with Crippen LogP contribution in [-0.4, -0.2) is 45.1 Å². The van der Waals surface area contributed by atoms with Gasteiger partial charge in [0.15, 0.2) is 0 Å². The van der Waals surface area contributed by atoms with Crippen molar-refractivity contribution >= 4 is 21.6 Å². The molecule has 2 aliphatic carbocycles. The maximum Gasteiger partial charge on any atom is 0.229 e. The molecule has 1 amide bonds. The van der Waals surface area contributed by atoms with Gasteiger partial charge in [-0.2, -0.15) is 0 Å². The molecule has 0 bridgehead atoms. The van der Waals surface area contributed by atoms with Crippen LogP contribution < -0.4 is 14.8 Å². The summed E-state index contributed by atoms with van der Waals surface area (Å²) in [6.07, 6.45) is 9.73. The van der Waals surface area contributed by atoms with Gasteiger partial charge in [-0.25, -0.2) is 8.42 Å². The number of amides is 1. The Kier molecular flexibility index (Phi) is 8.05. The van der Waals surface area contributed by atoms with E-state index in [2.05, 4.69) is 27.1 Å². The lowest BCUT2D eigenvalue weighted by Gasteiger charge is -2.23. The zero-order valence-electron chi connectivity index (χ0n) is 21.7. The van der Waals surface area contributed by atoms with Gasteiger partial charge in [0.05, 0.1) is 6.26 Å². The Bertz CT molecular complexity index is 1150. The van der Waals surface area contributed by atoms with Gasteiger partial charge in [0.2, 0.25) is 15.9 Å². The number of rotatable bonds is 9. The summed E-state index contributed by atoms with van der Waals surface area (Å²) in [4.78, 5) is 15.3. The van der Waals surface area contributed by atoms with Gasteiger partial charge in [-0.3, -0.25) is 14.4 Å². The van der Waals surface area contributed by atoms with Crippen molar-refractivity contribution in [3.05, 3.63) is 54.1 Å². The van der Waals surface area contributed by atoms with Crippen molar-refractivity contribution in [1.29, 1.82) is 0 Å². The summed E-state index contributed by atoms with van der Waals surface area (Å²) in [5.74, 6) is 3.85. The number of benzene rings is 2. The molecule has 2 aromatic carbocycles. The van der Waals surface area contributed by atoms with Crippen molar-refractivity contribution in [2.45, 2.75) is 51.5 Å². The Balaban J connectivity index is 1.05. The maximum absolute atomic E-state index is 12.8. The highest BCUT2D eigenvalue weighted by atomic mass is 32.2. The van der Waals surface area contributed by atoms with Gasteiger partial charge in [0.1, 0.15) is 11.5 Å². The zero-order valence-corrected chi connectivity index (χ0v) is 22.5. The number of carbonyl (C=O) groups excluding carboxylic acids is 1. The summed E-state index contributed by atoms with van der Waals surface area (Å²) < 4.78 is 31.0. The number of carbonyl (C=O) groups is 1. The van der Waals surface area contributed by atoms with Crippen LogP contribution in [0.1, 0.15) is 50.5 Å². The minimum atomic E-state index is -3.29. The second-order valence-electron chi connectivity index (χ2n) is 11.3. The lowest BCUT2D eigenvalue weighted by molar-refractivity contribution is -0.125. The summed E-state index contributed by atoms with van der Waals surface area (Å²) in [7, 11) is -3.29. The molecular weight excluding hydrogens is 486 g/mol. The van der Waals surface area contributed by atoms with E-state index in [0.29, 0.717) is 35.1 Å². The Morgan fingerprint density at radius 1 is 0.919 bits per heavy atom. The third-order valence-corrected chi connectivity index (χ3v) is 8.82. The molecule has 0 aromatic heterocycles. The fraction of sp³-hybridized carbons (Fsp3) is 0.552. The molecule has 37 heavy (non-hydrogen) atoms. The number of ether oxygens (including phenoxy) is 1. The number of nitrogens with zero attached hydrogens (tertiary/aromatic N) is 1. The summed E-state index contributed by atoms with van der Waals surface area (Å²) in [6, 6.07) is 15.0. The highest BCUT2D eigenvalue weighted by Gasteiger charge is 2.43. The smallest absolute Gasteiger partial charge is 0.229 e. The predicted octanol–water partition coefficient (Wildman–Crippen LogP) is 5.00. The van der Waals surface area contributed by atoms with Gasteiger partial charge < -0.3 is 10.1 Å². The molecule has 1 aliphatic heterocycles. The fourth-order valence-corrected chi connectivity index (χ4v) is 6.95. The van der Waals surface area contributed by atoms with Gasteiger partial charge in [-0.05, 0) is 85.4 Å². The van der Waals surface area contributed by atoms with Crippen LogP contribution in [0.2, 0.25) is 0 Å². The first-order chi connectivity index (χ1) is 17.8. The van der Waals surface area contributed by atoms with Crippen molar-refractivity contribution < 1.29 is 17.9 Å². The highest BCUT2D eigenvalue weighted by Crippen LogP contribution is 2.42. The molecule has 3 atom stereocenters. The normalized spacial score (nSPS) is 24.5. The summed E-state index contributed by atoms with van der Waals surface area (Å²) in [6.45, 7) is 3.94. The van der Waals surface area contributed by atoms with Crippen molar-refractivity contribution in [2.24, 2.45) is 23.7 Å². The lowest BCUT2D eigenvalue weighted by Crippen LogP contribution is -2.35. The first-order valence-corrected chi connectivity index (χ1v) is 15.5. The molecular formula is C29H39N3O4S. The average Bonchev–Trinajstić information content (AvgIpc) is 3.44. The van der Waals surface area contributed by atoms with E-state index < -0.39 is 10.0 Å². The van der Waals surface area contributed by atoms with Gasteiger partial charge >= 0.3 is 0 Å². The summed E-state index contributed by atoms with van der Waals surface area (Å²) >= 11 is 0. The first-order valence-electron chi connectivity index (χ1n) is 13.7. The number of sulfonamides is 1. The van der Waals surface area contributed by atoms with Crippen molar-refractivity contribution in [3.63, 3.8) is 0 Å². The van der Waals surface area contributed by atoms with Gasteiger partial charge in [-0.15, -0.1) is 0 Å². The van der Waals surface area contributed by atoms with Crippen LogP contribution in [0.25, 0.3) is 0 Å². The van der Waals surface area contributed by atoms with Crippen molar-refractivity contribution in [1.82, 2.24) is 10.2 Å². The molecule has 1 heterocycles. The van der Waals surface area contributed by atoms with E-state index in [9.17, 15) is 13.2 Å². The largest absolute Gasteiger partial charge is 0.457 e. The quantitative estimate of drug-likeness (QED) is 0.481. The standard InChI is InChI=1S/C29H39N3O4S/c1-37(34,35)31-26-9-13-28(14-10-26)36-27-11-7-22(8-12-27)18-32-19-24-15-23(16-25(24)20-32)29(33)30-17-21-5-3-2-4-6-21/h7-14,21,23-25,31H,2-6,15-20H2,1H3,(H,30,33)/t23-,24-,25+. The summed E-state index contributed by atoms with van der Waals surface area (Å²) in [5.41, 5.74) is 1.76. The zero-order chi connectivity index (χ0) is 25.8. The predicted molar refractivity (Wildman–Crippen MR) is 146 cm³/mol. The molecule has 2 aromatic rings. The van der Waals surface area contributed by atoms with Gasteiger partial charge in [0, 0.05) is 37.8 Å². The molecule has 2 N–H and O–H groups in total. The second-order valence-corrected chi connectivity index (χ2v) is 13.0. The molecule has 3 aliphatic rings. The maximum atomic E-state index is 12.8. The van der Waals surface area contributed by atoms with E-state index in [1.54, 1.807) is 24.3 Å². The monoisotopic (exact) mass is 525 g/mol. The number of hydrogen-bond donors (Lipinski definition) is 2. The topological polar surface area (TPSA) is 87.7 Å². The molecule has 2 saturated carbocycles. The number of likely N-dealkylation sites (tertiary alicyclic amines) is 1. The van der Waals surface area contributed by atoms with Crippen LogP contribution >= 0.6 is 0 Å². The Hall–Kier alpha value is -2.58. The van der Waals surface area contributed by atoms with E-state index in [4.69, 9.17) is 4.74 Å². The third kappa shape index (κ3) is 7.26. The molecule has 8 heteroatoms. The van der Waals surface area contributed by atoms with Crippen LogP contribution in [-0.2, 0) is 21.4 Å². The average molecular weight is 526 g/mol. The minimum Gasteiger partial charge on any atom is -0.457 e.